The molecule has 150 valence electrons. The Morgan fingerprint density at radius 2 is 0.680 bits per heavy atom. The molecule has 0 saturated heterocycles. The number of hydrogen-bond donors (Lipinski definition) is 0. The van der Waals surface area contributed by atoms with Gasteiger partial charge in [0.15, 0.2) is 0 Å². The molecule has 0 atom stereocenters. The van der Waals surface area contributed by atoms with Crippen LogP contribution in [-0.4, -0.2) is 118 Å². The van der Waals surface area contributed by atoms with Crippen LogP contribution in [0.2, 0.25) is 0 Å². The Kier molecular flexibility index (Phi) is 51.6. The first kappa shape index (κ1) is 32.8. The standard InChI is InChI=1S/3C5H11O3.Al/c3*1-7-4-5-8-3-2-6;/h3*2-5H2,1H3;/q3*-1;+3. The molecule has 0 saturated carbocycles. The van der Waals surface area contributed by atoms with Crippen molar-refractivity contribution in [2.45, 2.75) is 0 Å². The summed E-state index contributed by atoms with van der Waals surface area (Å²) in [6.45, 7) is 3.68. The van der Waals surface area contributed by atoms with Crippen LogP contribution < -0.4 is 15.3 Å². The Balaban J connectivity index is -0.000000130. The van der Waals surface area contributed by atoms with E-state index in [1.165, 1.54) is 0 Å². The molecule has 0 N–H and O–H groups in total. The zero-order valence-corrected chi connectivity index (χ0v) is 16.9. The summed E-state index contributed by atoms with van der Waals surface area (Å²) >= 11 is 0. The van der Waals surface area contributed by atoms with Crippen LogP contribution in [0.1, 0.15) is 0 Å². The molecule has 0 fully saturated rings. The van der Waals surface area contributed by atoms with Gasteiger partial charge in [0.05, 0.1) is 39.6 Å². The SMILES string of the molecule is COCCOCC[O-].COCCOCC[O-].COCCOCC[O-].[Al+3]. The number of methoxy groups -OCH3 is 3. The molecule has 0 amide bonds. The average molecular weight is 384 g/mol. The maximum atomic E-state index is 9.73. The van der Waals surface area contributed by atoms with Gasteiger partial charge in [-0.25, -0.2) is 0 Å². The van der Waals surface area contributed by atoms with Crippen molar-refractivity contribution in [2.75, 3.05) is 101 Å². The van der Waals surface area contributed by atoms with E-state index < -0.39 is 0 Å². The largest absolute Gasteiger partial charge is 3.00 e. The van der Waals surface area contributed by atoms with Crippen LogP contribution in [0.5, 0.6) is 0 Å². The molecule has 9 nitrogen and oxygen atoms in total. The fourth-order valence-electron chi connectivity index (χ4n) is 0.910. The van der Waals surface area contributed by atoms with Gasteiger partial charge in [-0.05, 0) is 0 Å². The van der Waals surface area contributed by atoms with Crippen LogP contribution in [0.4, 0.5) is 0 Å². The Labute approximate surface area is 162 Å². The van der Waals surface area contributed by atoms with Crippen LogP contribution in [0.15, 0.2) is 0 Å². The van der Waals surface area contributed by atoms with E-state index in [-0.39, 0.29) is 37.2 Å². The van der Waals surface area contributed by atoms with Crippen LogP contribution in [0, 0.1) is 0 Å². The molecule has 0 aliphatic rings. The minimum absolute atomic E-state index is 0. The van der Waals surface area contributed by atoms with Crippen LogP contribution >= 0.6 is 0 Å². The van der Waals surface area contributed by atoms with Gasteiger partial charge in [-0.1, -0.05) is 0 Å². The van der Waals surface area contributed by atoms with E-state index in [2.05, 4.69) is 14.2 Å². The van der Waals surface area contributed by atoms with Crippen molar-refractivity contribution in [1.29, 1.82) is 0 Å². The van der Waals surface area contributed by atoms with Gasteiger partial charge in [0.25, 0.3) is 0 Å². The molecule has 25 heavy (non-hydrogen) atoms. The van der Waals surface area contributed by atoms with Crippen molar-refractivity contribution in [2.24, 2.45) is 0 Å². The molecule has 0 aromatic heterocycles. The summed E-state index contributed by atoms with van der Waals surface area (Å²) in [5.41, 5.74) is 0. The van der Waals surface area contributed by atoms with E-state index >= 15 is 0 Å². The monoisotopic (exact) mass is 384 g/mol. The van der Waals surface area contributed by atoms with Gasteiger partial charge in [0.2, 0.25) is 0 Å². The van der Waals surface area contributed by atoms with Gasteiger partial charge in [0.1, 0.15) is 0 Å². The van der Waals surface area contributed by atoms with Crippen molar-refractivity contribution in [3.8, 4) is 0 Å². The predicted molar refractivity (Wildman–Crippen MR) is 88.4 cm³/mol. The maximum absolute atomic E-state index is 9.73. The van der Waals surface area contributed by atoms with E-state index in [0.717, 1.165) is 0 Å². The van der Waals surface area contributed by atoms with Gasteiger partial charge in [-0.3, -0.25) is 0 Å². The Hall–Kier alpha value is 0.172. The van der Waals surface area contributed by atoms with Gasteiger partial charge < -0.3 is 43.7 Å². The Morgan fingerprint density at radius 1 is 0.440 bits per heavy atom. The molecule has 0 aromatic rings. The third-order valence-corrected chi connectivity index (χ3v) is 1.98. The van der Waals surface area contributed by atoms with Crippen LogP contribution in [0.25, 0.3) is 0 Å². The number of ether oxygens (including phenoxy) is 6. The van der Waals surface area contributed by atoms with Crippen molar-refractivity contribution >= 4 is 17.4 Å². The van der Waals surface area contributed by atoms with Gasteiger partial charge >= 0.3 is 17.4 Å². The molecular weight excluding hydrogens is 351 g/mol. The van der Waals surface area contributed by atoms with Gasteiger partial charge in [0, 0.05) is 41.2 Å². The first-order valence-electron chi connectivity index (χ1n) is 7.69. The maximum Gasteiger partial charge on any atom is 3.00 e. The zero-order valence-electron chi connectivity index (χ0n) is 15.7. The summed E-state index contributed by atoms with van der Waals surface area (Å²) < 4.78 is 28.3. The summed E-state index contributed by atoms with van der Waals surface area (Å²) in [6, 6.07) is 0. The predicted octanol–water partition coefficient (Wildman–Crippen LogP) is -3.35. The molecule has 0 aliphatic carbocycles. The first-order valence-corrected chi connectivity index (χ1v) is 7.69. The van der Waals surface area contributed by atoms with Gasteiger partial charge in [-0.2, -0.15) is 0 Å². The topological polar surface area (TPSA) is 125 Å². The minimum Gasteiger partial charge on any atom is -0.853 e. The van der Waals surface area contributed by atoms with Crippen LogP contribution in [0.3, 0.4) is 0 Å². The smallest absolute Gasteiger partial charge is 0.853 e. The fraction of sp³-hybridized carbons (Fsp3) is 1.00. The molecule has 0 heterocycles. The third kappa shape index (κ3) is 51.6. The summed E-state index contributed by atoms with van der Waals surface area (Å²) in [7, 11) is 4.79. The minimum atomic E-state index is -0.163. The van der Waals surface area contributed by atoms with Crippen LogP contribution in [-0.2, 0) is 28.4 Å². The van der Waals surface area contributed by atoms with E-state index in [1.807, 2.05) is 0 Å². The second kappa shape index (κ2) is 39.3. The normalized spacial score (nSPS) is 9.36. The number of hydrogen-bond acceptors (Lipinski definition) is 9. The van der Waals surface area contributed by atoms with E-state index in [1.54, 1.807) is 21.3 Å². The first-order chi connectivity index (χ1) is 11.7. The average Bonchev–Trinajstić information content (AvgIpc) is 2.61. The Morgan fingerprint density at radius 3 is 0.840 bits per heavy atom. The molecule has 10 heteroatoms. The molecule has 0 unspecified atom stereocenters. The second-order valence-electron chi connectivity index (χ2n) is 3.93. The summed E-state index contributed by atoms with van der Waals surface area (Å²) in [5.74, 6) is 0. The number of rotatable bonds is 15. The quantitative estimate of drug-likeness (QED) is 0.210. The van der Waals surface area contributed by atoms with Crippen molar-refractivity contribution < 1.29 is 43.7 Å². The molecule has 0 spiro atoms. The van der Waals surface area contributed by atoms with Crippen molar-refractivity contribution in [1.82, 2.24) is 0 Å². The second-order valence-corrected chi connectivity index (χ2v) is 3.93. The van der Waals surface area contributed by atoms with Crippen molar-refractivity contribution in [3.63, 3.8) is 0 Å². The van der Waals surface area contributed by atoms with E-state index in [4.69, 9.17) is 14.2 Å². The summed E-state index contributed by atoms with van der Waals surface area (Å²) in [6.07, 6.45) is 0. The summed E-state index contributed by atoms with van der Waals surface area (Å²) in [4.78, 5) is 0. The molecule has 0 rings (SSSR count). The van der Waals surface area contributed by atoms with Gasteiger partial charge in [-0.15, -0.1) is 19.8 Å². The summed E-state index contributed by atoms with van der Waals surface area (Å²) in [5, 5.41) is 29.2. The Bertz CT molecular complexity index is 133. The molecule has 0 radical (unpaired) electrons. The van der Waals surface area contributed by atoms with Crippen molar-refractivity contribution in [3.05, 3.63) is 0 Å². The molecule has 0 aliphatic heterocycles. The zero-order chi connectivity index (χ0) is 18.7. The van der Waals surface area contributed by atoms with E-state index in [9.17, 15) is 15.3 Å². The third-order valence-electron chi connectivity index (χ3n) is 1.98. The molecular formula is C15H33AlO9. The van der Waals surface area contributed by atoms with E-state index in [0.29, 0.717) is 59.5 Å². The molecule has 0 aromatic carbocycles. The molecule has 0 bridgehead atoms. The fourth-order valence-corrected chi connectivity index (χ4v) is 0.910.